The molecule has 0 spiro atoms. The lowest BCUT2D eigenvalue weighted by atomic mass is 9.81. The van der Waals surface area contributed by atoms with Crippen molar-refractivity contribution in [2.75, 3.05) is 26.2 Å². The molecule has 4 nitrogen and oxygen atoms in total. The molecule has 0 amide bonds. The average Bonchev–Trinajstić information content (AvgIpc) is 2.43. The van der Waals surface area contributed by atoms with E-state index in [0.29, 0.717) is 18.2 Å². The topological polar surface area (TPSA) is 73.3 Å². The van der Waals surface area contributed by atoms with Gasteiger partial charge in [-0.2, -0.15) is 0 Å². The summed E-state index contributed by atoms with van der Waals surface area (Å²) >= 11 is 6.14. The molecule has 0 aliphatic carbocycles. The van der Waals surface area contributed by atoms with Crippen molar-refractivity contribution in [2.24, 2.45) is 11.5 Å². The Labute approximate surface area is 125 Å². The van der Waals surface area contributed by atoms with E-state index in [4.69, 9.17) is 27.8 Å². The Kier molecular flexibility index (Phi) is 5.41. The largest absolute Gasteiger partial charge is 0.370 e. The second-order valence-corrected chi connectivity index (χ2v) is 5.99. The molecular formula is C15H24ClN3O. The van der Waals surface area contributed by atoms with Crippen molar-refractivity contribution < 1.29 is 4.74 Å². The van der Waals surface area contributed by atoms with Crippen LogP contribution in [0.4, 0.5) is 0 Å². The maximum atomic E-state index is 6.62. The molecule has 5 N–H and O–H groups in total. The smallest absolute Gasteiger partial charge is 0.102 e. The lowest BCUT2D eigenvalue weighted by molar-refractivity contribution is -0.00870. The zero-order chi connectivity index (χ0) is 14.6. The molecule has 2 atom stereocenters. The molecule has 2 unspecified atom stereocenters. The highest BCUT2D eigenvalue weighted by molar-refractivity contribution is 6.30. The highest BCUT2D eigenvalue weighted by Gasteiger charge is 2.38. The third-order valence-electron chi connectivity index (χ3n) is 3.90. The Morgan fingerprint density at radius 3 is 2.95 bits per heavy atom. The van der Waals surface area contributed by atoms with Gasteiger partial charge in [-0.25, -0.2) is 0 Å². The lowest BCUT2D eigenvalue weighted by Gasteiger charge is -2.41. The summed E-state index contributed by atoms with van der Waals surface area (Å²) in [5, 5.41) is 4.07. The molecule has 1 aliphatic rings. The molecule has 1 aromatic rings. The number of piperidine rings is 1. The van der Waals surface area contributed by atoms with E-state index in [1.54, 1.807) is 0 Å². The van der Waals surface area contributed by atoms with Crippen LogP contribution in [0.3, 0.4) is 0 Å². The Balaban J connectivity index is 2.33. The van der Waals surface area contributed by atoms with E-state index in [2.05, 4.69) is 12.2 Å². The zero-order valence-electron chi connectivity index (χ0n) is 12.0. The SMILES string of the molecule is Cc1ccc(Cl)cc1C(OCCN)C1(N)CCCNC1. The van der Waals surface area contributed by atoms with Gasteiger partial charge < -0.3 is 21.5 Å². The Hall–Kier alpha value is -0.650. The van der Waals surface area contributed by atoms with Gasteiger partial charge in [-0.15, -0.1) is 0 Å². The summed E-state index contributed by atoms with van der Waals surface area (Å²) in [5.41, 5.74) is 14.0. The van der Waals surface area contributed by atoms with Crippen molar-refractivity contribution in [3.05, 3.63) is 34.3 Å². The predicted molar refractivity (Wildman–Crippen MR) is 83.0 cm³/mol. The molecule has 1 aromatic carbocycles. The first-order valence-corrected chi connectivity index (χ1v) is 7.52. The molecule has 1 fully saturated rings. The van der Waals surface area contributed by atoms with Crippen LogP contribution in [-0.2, 0) is 4.74 Å². The first-order valence-electron chi connectivity index (χ1n) is 7.14. The van der Waals surface area contributed by atoms with E-state index in [1.807, 2.05) is 18.2 Å². The van der Waals surface area contributed by atoms with Crippen LogP contribution in [-0.4, -0.2) is 31.8 Å². The summed E-state index contributed by atoms with van der Waals surface area (Å²) in [6, 6.07) is 5.86. The normalized spacial score (nSPS) is 24.6. The van der Waals surface area contributed by atoms with Crippen molar-refractivity contribution in [2.45, 2.75) is 31.4 Å². The van der Waals surface area contributed by atoms with E-state index in [9.17, 15) is 0 Å². The third-order valence-corrected chi connectivity index (χ3v) is 4.13. The van der Waals surface area contributed by atoms with E-state index >= 15 is 0 Å². The van der Waals surface area contributed by atoms with E-state index in [1.165, 1.54) is 0 Å². The lowest BCUT2D eigenvalue weighted by Crippen LogP contribution is -2.57. The van der Waals surface area contributed by atoms with Gasteiger partial charge in [-0.3, -0.25) is 0 Å². The maximum Gasteiger partial charge on any atom is 0.102 e. The molecule has 20 heavy (non-hydrogen) atoms. The van der Waals surface area contributed by atoms with E-state index in [0.717, 1.165) is 37.1 Å². The first-order chi connectivity index (χ1) is 9.57. The number of rotatable bonds is 5. The molecule has 0 radical (unpaired) electrons. The van der Waals surface area contributed by atoms with Crippen LogP contribution in [0.25, 0.3) is 0 Å². The second-order valence-electron chi connectivity index (χ2n) is 5.55. The number of nitrogens with two attached hydrogens (primary N) is 2. The Morgan fingerprint density at radius 1 is 1.50 bits per heavy atom. The van der Waals surface area contributed by atoms with Crippen molar-refractivity contribution in [1.29, 1.82) is 0 Å². The van der Waals surface area contributed by atoms with Gasteiger partial charge in [0.15, 0.2) is 0 Å². The van der Waals surface area contributed by atoms with Gasteiger partial charge in [-0.05, 0) is 49.6 Å². The molecule has 1 heterocycles. The number of hydrogen-bond acceptors (Lipinski definition) is 4. The van der Waals surface area contributed by atoms with Gasteiger partial charge in [0.25, 0.3) is 0 Å². The van der Waals surface area contributed by atoms with Crippen molar-refractivity contribution >= 4 is 11.6 Å². The van der Waals surface area contributed by atoms with Gasteiger partial charge in [0.2, 0.25) is 0 Å². The molecular weight excluding hydrogens is 274 g/mol. The van der Waals surface area contributed by atoms with Crippen LogP contribution in [0.15, 0.2) is 18.2 Å². The molecule has 2 rings (SSSR count). The van der Waals surface area contributed by atoms with Crippen LogP contribution in [0, 0.1) is 6.92 Å². The number of nitrogens with one attached hydrogen (secondary N) is 1. The van der Waals surface area contributed by atoms with Crippen LogP contribution < -0.4 is 16.8 Å². The van der Waals surface area contributed by atoms with Gasteiger partial charge in [0, 0.05) is 18.1 Å². The minimum atomic E-state index is -0.414. The monoisotopic (exact) mass is 297 g/mol. The number of ether oxygens (including phenoxy) is 1. The average molecular weight is 298 g/mol. The minimum absolute atomic E-state index is 0.183. The van der Waals surface area contributed by atoms with Crippen LogP contribution >= 0.6 is 11.6 Å². The quantitative estimate of drug-likeness (QED) is 0.774. The molecule has 5 heteroatoms. The number of hydrogen-bond donors (Lipinski definition) is 3. The molecule has 0 saturated carbocycles. The zero-order valence-corrected chi connectivity index (χ0v) is 12.7. The fourth-order valence-electron chi connectivity index (χ4n) is 2.82. The standard InChI is InChI=1S/C15H24ClN3O/c1-11-3-4-12(16)9-13(11)14(20-8-6-17)15(18)5-2-7-19-10-15/h3-4,9,14,19H,2,5-8,10,17-18H2,1H3. The van der Waals surface area contributed by atoms with E-state index < -0.39 is 5.54 Å². The van der Waals surface area contributed by atoms with Gasteiger partial charge in [0.05, 0.1) is 12.1 Å². The number of benzene rings is 1. The highest BCUT2D eigenvalue weighted by Crippen LogP contribution is 2.35. The maximum absolute atomic E-state index is 6.62. The van der Waals surface area contributed by atoms with Crippen LogP contribution in [0.2, 0.25) is 5.02 Å². The molecule has 1 aliphatic heterocycles. The molecule has 0 bridgehead atoms. The summed E-state index contributed by atoms with van der Waals surface area (Å²) in [7, 11) is 0. The van der Waals surface area contributed by atoms with Gasteiger partial charge in [0.1, 0.15) is 6.10 Å². The fraction of sp³-hybridized carbons (Fsp3) is 0.600. The molecule has 0 aromatic heterocycles. The van der Waals surface area contributed by atoms with Crippen LogP contribution in [0.1, 0.15) is 30.1 Å². The third kappa shape index (κ3) is 3.51. The minimum Gasteiger partial charge on any atom is -0.370 e. The fourth-order valence-corrected chi connectivity index (χ4v) is 3.00. The summed E-state index contributed by atoms with van der Waals surface area (Å²) in [5.74, 6) is 0. The Bertz CT molecular complexity index is 447. The first kappa shape index (κ1) is 15.7. The van der Waals surface area contributed by atoms with Gasteiger partial charge in [-0.1, -0.05) is 17.7 Å². The Morgan fingerprint density at radius 2 is 2.30 bits per heavy atom. The highest BCUT2D eigenvalue weighted by atomic mass is 35.5. The van der Waals surface area contributed by atoms with E-state index in [-0.39, 0.29) is 6.10 Å². The summed E-state index contributed by atoms with van der Waals surface area (Å²) in [4.78, 5) is 0. The summed E-state index contributed by atoms with van der Waals surface area (Å²) < 4.78 is 6.01. The molecule has 112 valence electrons. The van der Waals surface area contributed by atoms with Crippen molar-refractivity contribution in [3.63, 3.8) is 0 Å². The van der Waals surface area contributed by atoms with Gasteiger partial charge >= 0.3 is 0 Å². The molecule has 1 saturated heterocycles. The van der Waals surface area contributed by atoms with Crippen LogP contribution in [0.5, 0.6) is 0 Å². The summed E-state index contributed by atoms with van der Waals surface area (Å²) in [6.07, 6.45) is 1.80. The number of aryl methyl sites for hydroxylation is 1. The summed E-state index contributed by atoms with van der Waals surface area (Å²) in [6.45, 7) is 4.80. The van der Waals surface area contributed by atoms with Crippen molar-refractivity contribution in [3.8, 4) is 0 Å². The van der Waals surface area contributed by atoms with Crippen molar-refractivity contribution in [1.82, 2.24) is 5.32 Å². The predicted octanol–water partition coefficient (Wildman–Crippen LogP) is 1.75. The number of halogens is 1. The second kappa shape index (κ2) is 6.87.